The number of nitrogens with zero attached hydrogens (tertiary/aromatic N) is 3. The van der Waals surface area contributed by atoms with Crippen molar-refractivity contribution in [2.75, 3.05) is 33.4 Å². The highest BCUT2D eigenvalue weighted by atomic mass is 19.1. The standard InChI is InChI=1S/C22H28FN3O3/c1-16(2)13-25(21(28)15-29-3)14-20(27)26-12-11-24-10-4-5-19(24)22(26)17-6-8-18(23)9-7-17/h4-10,16,22H,11-15H2,1-3H3/t22-/m0/s1. The molecule has 3 rings (SSSR count). The highest BCUT2D eigenvalue weighted by Crippen LogP contribution is 2.32. The molecule has 0 saturated carbocycles. The van der Waals surface area contributed by atoms with Gasteiger partial charge in [0.25, 0.3) is 0 Å². The molecule has 0 fully saturated rings. The van der Waals surface area contributed by atoms with E-state index in [1.165, 1.54) is 19.2 Å². The number of ether oxygens (including phenoxy) is 1. The van der Waals surface area contributed by atoms with E-state index in [-0.39, 0.29) is 42.7 Å². The highest BCUT2D eigenvalue weighted by Gasteiger charge is 2.33. The van der Waals surface area contributed by atoms with E-state index in [2.05, 4.69) is 4.57 Å². The van der Waals surface area contributed by atoms with Gasteiger partial charge >= 0.3 is 0 Å². The Hall–Kier alpha value is -2.67. The van der Waals surface area contributed by atoms with Gasteiger partial charge in [-0.3, -0.25) is 9.59 Å². The van der Waals surface area contributed by atoms with Gasteiger partial charge in [-0.15, -0.1) is 0 Å². The van der Waals surface area contributed by atoms with Crippen LogP contribution in [0.2, 0.25) is 0 Å². The Morgan fingerprint density at radius 1 is 1.21 bits per heavy atom. The third kappa shape index (κ3) is 4.85. The van der Waals surface area contributed by atoms with Crippen molar-refractivity contribution < 1.29 is 18.7 Å². The maximum absolute atomic E-state index is 13.5. The Morgan fingerprint density at radius 3 is 2.59 bits per heavy atom. The van der Waals surface area contributed by atoms with Crippen molar-refractivity contribution >= 4 is 11.8 Å². The summed E-state index contributed by atoms with van der Waals surface area (Å²) in [5.41, 5.74) is 1.83. The predicted molar refractivity (Wildman–Crippen MR) is 108 cm³/mol. The number of carbonyl (C=O) groups excluding carboxylic acids is 2. The number of hydrogen-bond donors (Lipinski definition) is 0. The normalized spacial score (nSPS) is 16.0. The van der Waals surface area contributed by atoms with E-state index in [1.807, 2.05) is 32.2 Å². The number of hydrogen-bond acceptors (Lipinski definition) is 3. The molecule has 0 spiro atoms. The number of aromatic nitrogens is 1. The molecule has 2 aromatic rings. The molecule has 1 aliphatic heterocycles. The van der Waals surface area contributed by atoms with Crippen LogP contribution in [0.3, 0.4) is 0 Å². The molecule has 2 amide bonds. The molecular weight excluding hydrogens is 373 g/mol. The van der Waals surface area contributed by atoms with Gasteiger partial charge in [-0.1, -0.05) is 26.0 Å². The number of rotatable bonds is 7. The molecule has 1 atom stereocenters. The first-order chi connectivity index (χ1) is 13.9. The van der Waals surface area contributed by atoms with Crippen LogP contribution in [0.4, 0.5) is 4.39 Å². The lowest BCUT2D eigenvalue weighted by atomic mass is 9.99. The van der Waals surface area contributed by atoms with E-state index in [4.69, 9.17) is 4.74 Å². The lowest BCUT2D eigenvalue weighted by Crippen LogP contribution is -2.49. The van der Waals surface area contributed by atoms with E-state index in [1.54, 1.807) is 21.9 Å². The molecule has 156 valence electrons. The van der Waals surface area contributed by atoms with Crippen LogP contribution in [0.5, 0.6) is 0 Å². The summed E-state index contributed by atoms with van der Waals surface area (Å²) in [4.78, 5) is 29.1. The van der Waals surface area contributed by atoms with Crippen LogP contribution < -0.4 is 0 Å². The van der Waals surface area contributed by atoms with Gasteiger partial charge in [-0.05, 0) is 35.7 Å². The molecular formula is C22H28FN3O3. The van der Waals surface area contributed by atoms with Gasteiger partial charge in [0, 0.05) is 38.6 Å². The first-order valence-electron chi connectivity index (χ1n) is 9.87. The smallest absolute Gasteiger partial charge is 0.249 e. The predicted octanol–water partition coefficient (Wildman–Crippen LogP) is 2.69. The highest BCUT2D eigenvalue weighted by molar-refractivity contribution is 5.86. The Kier molecular flexibility index (Phi) is 6.69. The summed E-state index contributed by atoms with van der Waals surface area (Å²) in [5, 5.41) is 0. The van der Waals surface area contributed by atoms with Crippen LogP contribution in [-0.4, -0.2) is 59.5 Å². The van der Waals surface area contributed by atoms with Crippen LogP contribution in [-0.2, 0) is 20.9 Å². The average molecular weight is 401 g/mol. The topological polar surface area (TPSA) is 54.8 Å². The first kappa shape index (κ1) is 21.0. The number of carbonyl (C=O) groups is 2. The molecule has 1 aliphatic rings. The molecule has 7 heteroatoms. The molecule has 6 nitrogen and oxygen atoms in total. The Balaban J connectivity index is 1.87. The van der Waals surface area contributed by atoms with Crippen molar-refractivity contribution in [3.8, 4) is 0 Å². The minimum atomic E-state index is -0.315. The molecule has 1 aromatic carbocycles. The monoisotopic (exact) mass is 401 g/mol. The summed E-state index contributed by atoms with van der Waals surface area (Å²) in [5.74, 6) is -0.411. The summed E-state index contributed by atoms with van der Waals surface area (Å²) in [7, 11) is 1.47. The van der Waals surface area contributed by atoms with Crippen LogP contribution in [0.15, 0.2) is 42.6 Å². The van der Waals surface area contributed by atoms with Crippen molar-refractivity contribution in [3.63, 3.8) is 0 Å². The number of methoxy groups -OCH3 is 1. The van der Waals surface area contributed by atoms with E-state index >= 15 is 0 Å². The van der Waals surface area contributed by atoms with E-state index in [9.17, 15) is 14.0 Å². The number of amides is 2. The largest absolute Gasteiger partial charge is 0.375 e. The van der Waals surface area contributed by atoms with Gasteiger partial charge in [0.2, 0.25) is 11.8 Å². The van der Waals surface area contributed by atoms with Crippen molar-refractivity contribution in [1.29, 1.82) is 0 Å². The summed E-state index contributed by atoms with van der Waals surface area (Å²) in [6, 6.07) is 9.86. The fourth-order valence-electron chi connectivity index (χ4n) is 3.81. The second-order valence-electron chi connectivity index (χ2n) is 7.77. The number of fused-ring (bicyclic) bond motifs is 1. The molecule has 0 saturated heterocycles. The fraction of sp³-hybridized carbons (Fsp3) is 0.455. The summed E-state index contributed by atoms with van der Waals surface area (Å²) < 4.78 is 20.5. The van der Waals surface area contributed by atoms with Gasteiger partial charge in [0.1, 0.15) is 12.4 Å². The third-order valence-electron chi connectivity index (χ3n) is 5.08. The lowest BCUT2D eigenvalue weighted by Gasteiger charge is -2.38. The van der Waals surface area contributed by atoms with Crippen molar-refractivity contribution in [3.05, 3.63) is 59.7 Å². The average Bonchev–Trinajstić information content (AvgIpc) is 3.16. The Morgan fingerprint density at radius 2 is 1.93 bits per heavy atom. The number of benzene rings is 1. The van der Waals surface area contributed by atoms with Crippen LogP contribution in [0.25, 0.3) is 0 Å². The Bertz CT molecular complexity index is 847. The fourth-order valence-corrected chi connectivity index (χ4v) is 3.81. The van der Waals surface area contributed by atoms with E-state index in [0.717, 1.165) is 11.3 Å². The maximum atomic E-state index is 13.5. The summed E-state index contributed by atoms with van der Waals surface area (Å²) in [6.45, 7) is 5.65. The quantitative estimate of drug-likeness (QED) is 0.717. The van der Waals surface area contributed by atoms with Gasteiger partial charge in [-0.25, -0.2) is 4.39 Å². The van der Waals surface area contributed by atoms with Crippen LogP contribution >= 0.6 is 0 Å². The zero-order valence-electron chi connectivity index (χ0n) is 17.2. The minimum absolute atomic E-state index is 0.00121. The Labute approximate surface area is 170 Å². The SMILES string of the molecule is COCC(=O)N(CC(=O)N1CCn2cccc2[C@@H]1c1ccc(F)cc1)CC(C)C. The molecule has 1 aromatic heterocycles. The first-order valence-corrected chi connectivity index (χ1v) is 9.87. The van der Waals surface area contributed by atoms with Gasteiger partial charge in [-0.2, -0.15) is 0 Å². The molecule has 0 aliphatic carbocycles. The number of halogens is 1. The van der Waals surface area contributed by atoms with E-state index in [0.29, 0.717) is 19.6 Å². The zero-order chi connectivity index (χ0) is 21.0. The molecule has 0 bridgehead atoms. The van der Waals surface area contributed by atoms with Crippen molar-refractivity contribution in [1.82, 2.24) is 14.4 Å². The van der Waals surface area contributed by atoms with Crippen LogP contribution in [0, 0.1) is 11.7 Å². The van der Waals surface area contributed by atoms with Gasteiger partial charge in [0.15, 0.2) is 0 Å². The molecule has 0 N–H and O–H groups in total. The molecule has 0 unspecified atom stereocenters. The lowest BCUT2D eigenvalue weighted by molar-refractivity contribution is -0.144. The summed E-state index contributed by atoms with van der Waals surface area (Å²) in [6.07, 6.45) is 1.99. The second-order valence-corrected chi connectivity index (χ2v) is 7.77. The van der Waals surface area contributed by atoms with Crippen molar-refractivity contribution in [2.24, 2.45) is 5.92 Å². The van der Waals surface area contributed by atoms with Crippen LogP contribution in [0.1, 0.15) is 31.1 Å². The van der Waals surface area contributed by atoms with Gasteiger partial charge in [0.05, 0.1) is 12.6 Å². The van der Waals surface area contributed by atoms with Crippen molar-refractivity contribution in [2.45, 2.75) is 26.4 Å². The summed E-state index contributed by atoms with van der Waals surface area (Å²) >= 11 is 0. The molecule has 29 heavy (non-hydrogen) atoms. The maximum Gasteiger partial charge on any atom is 0.249 e. The second kappa shape index (κ2) is 9.22. The third-order valence-corrected chi connectivity index (χ3v) is 5.08. The van der Waals surface area contributed by atoms with Gasteiger partial charge < -0.3 is 19.1 Å². The zero-order valence-corrected chi connectivity index (χ0v) is 17.2. The molecule has 0 radical (unpaired) electrons. The minimum Gasteiger partial charge on any atom is -0.375 e. The van der Waals surface area contributed by atoms with E-state index < -0.39 is 0 Å². The molecule has 2 heterocycles.